The zero-order chi connectivity index (χ0) is 8.55. The van der Waals surface area contributed by atoms with Crippen molar-refractivity contribution in [3.8, 4) is 0 Å². The highest BCUT2D eigenvalue weighted by Crippen LogP contribution is 2.26. The van der Waals surface area contributed by atoms with Crippen LogP contribution >= 0.6 is 11.6 Å². The van der Waals surface area contributed by atoms with Crippen molar-refractivity contribution < 1.29 is 9.53 Å². The number of rotatable bonds is 1. The lowest BCUT2D eigenvalue weighted by Gasteiger charge is -2.24. The summed E-state index contributed by atoms with van der Waals surface area (Å²) < 4.78 is 5.08. The van der Waals surface area contributed by atoms with Gasteiger partial charge in [-0.05, 0) is 17.7 Å². The Hall–Kier alpha value is -0.860. The maximum Gasteiger partial charge on any atom is 0.191 e. The monoisotopic (exact) mass is 182 g/mol. The first-order valence-electron chi connectivity index (χ1n) is 3.67. The number of carbonyl (C=O) groups excluding carboxylic acids is 1. The smallest absolute Gasteiger partial charge is 0.191 e. The number of benzene rings is 1. The molecule has 1 atom stereocenters. The lowest BCUT2D eigenvalue weighted by atomic mass is 10.0. The van der Waals surface area contributed by atoms with Crippen LogP contribution in [0.3, 0.4) is 0 Å². The van der Waals surface area contributed by atoms with Crippen molar-refractivity contribution >= 4 is 17.4 Å². The summed E-state index contributed by atoms with van der Waals surface area (Å²) in [6.07, 6.45) is -0.345. The quantitative estimate of drug-likeness (QED) is 0.664. The van der Waals surface area contributed by atoms with Crippen LogP contribution in [0.5, 0.6) is 0 Å². The Bertz CT molecular complexity index is 305. The average molecular weight is 183 g/mol. The van der Waals surface area contributed by atoms with E-state index < -0.39 is 0 Å². The molecular formula is C9H7ClO2. The molecule has 62 valence electrons. The topological polar surface area (TPSA) is 26.3 Å². The molecule has 0 saturated carbocycles. The molecule has 1 saturated heterocycles. The molecule has 1 unspecified atom stereocenters. The predicted octanol–water partition coefficient (Wildman–Crippen LogP) is 1.98. The molecule has 1 fully saturated rings. The van der Waals surface area contributed by atoms with Gasteiger partial charge in [-0.3, -0.25) is 4.79 Å². The summed E-state index contributed by atoms with van der Waals surface area (Å²) in [4.78, 5) is 11.0. The Morgan fingerprint density at radius 2 is 2.00 bits per heavy atom. The average Bonchev–Trinajstić information content (AvgIpc) is 2.06. The minimum absolute atomic E-state index is 0.136. The summed E-state index contributed by atoms with van der Waals surface area (Å²) in [7, 11) is 0. The predicted molar refractivity (Wildman–Crippen MR) is 45.2 cm³/mol. The molecule has 2 rings (SSSR count). The lowest BCUT2D eigenvalue weighted by Crippen LogP contribution is -2.32. The fourth-order valence-electron chi connectivity index (χ4n) is 1.15. The molecule has 0 N–H and O–H groups in total. The molecular weight excluding hydrogens is 176 g/mol. The molecule has 0 aromatic heterocycles. The Morgan fingerprint density at radius 3 is 2.42 bits per heavy atom. The van der Waals surface area contributed by atoms with Gasteiger partial charge in [0.15, 0.2) is 5.78 Å². The summed E-state index contributed by atoms with van der Waals surface area (Å²) in [5.41, 5.74) is 0.885. The number of Topliss-reactive ketones (excluding diaryl/α,β-unsaturated/α-hetero) is 1. The van der Waals surface area contributed by atoms with E-state index in [0.717, 1.165) is 5.56 Å². The van der Waals surface area contributed by atoms with Gasteiger partial charge in [-0.2, -0.15) is 0 Å². The van der Waals surface area contributed by atoms with Gasteiger partial charge in [0.05, 0.1) is 0 Å². The first kappa shape index (κ1) is 7.77. The highest BCUT2D eigenvalue weighted by molar-refractivity contribution is 6.30. The molecule has 2 nitrogen and oxygen atoms in total. The van der Waals surface area contributed by atoms with E-state index in [1.165, 1.54) is 0 Å². The van der Waals surface area contributed by atoms with Gasteiger partial charge in [-0.15, -0.1) is 0 Å². The van der Waals surface area contributed by atoms with Crippen molar-refractivity contribution in [1.82, 2.24) is 0 Å². The van der Waals surface area contributed by atoms with Gasteiger partial charge in [0.2, 0.25) is 0 Å². The fraction of sp³-hybridized carbons (Fsp3) is 0.222. The number of hydrogen-bond donors (Lipinski definition) is 0. The second kappa shape index (κ2) is 2.88. The SMILES string of the molecule is O=C1COC1c1ccc(Cl)cc1. The van der Waals surface area contributed by atoms with Gasteiger partial charge < -0.3 is 4.74 Å². The largest absolute Gasteiger partial charge is 0.358 e. The highest BCUT2D eigenvalue weighted by Gasteiger charge is 2.30. The minimum Gasteiger partial charge on any atom is -0.358 e. The Morgan fingerprint density at radius 1 is 1.33 bits per heavy atom. The molecule has 0 spiro atoms. The number of carbonyl (C=O) groups is 1. The van der Waals surface area contributed by atoms with Crippen molar-refractivity contribution in [2.24, 2.45) is 0 Å². The lowest BCUT2D eigenvalue weighted by molar-refractivity contribution is -0.155. The normalized spacial score (nSPS) is 22.1. The second-order valence-electron chi connectivity index (χ2n) is 2.71. The van der Waals surface area contributed by atoms with Crippen LogP contribution in [-0.4, -0.2) is 12.4 Å². The summed E-state index contributed by atoms with van der Waals surface area (Å²) in [5.74, 6) is 0.136. The van der Waals surface area contributed by atoms with Crippen LogP contribution in [0, 0.1) is 0 Å². The molecule has 0 radical (unpaired) electrons. The van der Waals surface area contributed by atoms with Gasteiger partial charge in [0, 0.05) is 5.02 Å². The van der Waals surface area contributed by atoms with Gasteiger partial charge in [0.25, 0.3) is 0 Å². The fourth-order valence-corrected chi connectivity index (χ4v) is 1.28. The zero-order valence-corrected chi connectivity index (χ0v) is 7.04. The Balaban J connectivity index is 2.23. The summed E-state index contributed by atoms with van der Waals surface area (Å²) in [5, 5.41) is 0.672. The van der Waals surface area contributed by atoms with E-state index in [2.05, 4.69) is 0 Å². The zero-order valence-electron chi connectivity index (χ0n) is 6.29. The summed E-state index contributed by atoms with van der Waals surface area (Å²) >= 11 is 5.69. The summed E-state index contributed by atoms with van der Waals surface area (Å²) in [6, 6.07) is 7.13. The standard InChI is InChI=1S/C9H7ClO2/c10-7-3-1-6(2-4-7)9-8(11)5-12-9/h1-4,9H,5H2. The number of hydrogen-bond acceptors (Lipinski definition) is 2. The van der Waals surface area contributed by atoms with E-state index >= 15 is 0 Å². The molecule has 0 bridgehead atoms. The molecule has 1 aliphatic rings. The second-order valence-corrected chi connectivity index (χ2v) is 3.15. The van der Waals surface area contributed by atoms with Gasteiger partial charge >= 0.3 is 0 Å². The van der Waals surface area contributed by atoms with Crippen LogP contribution in [0.15, 0.2) is 24.3 Å². The van der Waals surface area contributed by atoms with Crippen molar-refractivity contribution in [3.05, 3.63) is 34.9 Å². The van der Waals surface area contributed by atoms with Crippen LogP contribution < -0.4 is 0 Å². The van der Waals surface area contributed by atoms with Crippen molar-refractivity contribution in [3.63, 3.8) is 0 Å². The molecule has 0 aliphatic carbocycles. The van der Waals surface area contributed by atoms with Crippen molar-refractivity contribution in [2.75, 3.05) is 6.61 Å². The van der Waals surface area contributed by atoms with Crippen LogP contribution in [0.2, 0.25) is 5.02 Å². The maximum absolute atomic E-state index is 11.0. The van der Waals surface area contributed by atoms with Crippen molar-refractivity contribution in [2.45, 2.75) is 6.10 Å². The molecule has 1 heterocycles. The minimum atomic E-state index is -0.345. The molecule has 12 heavy (non-hydrogen) atoms. The van der Waals surface area contributed by atoms with E-state index in [0.29, 0.717) is 5.02 Å². The first-order valence-corrected chi connectivity index (χ1v) is 4.05. The Labute approximate surface area is 75.1 Å². The third-order valence-electron chi connectivity index (χ3n) is 1.86. The van der Waals surface area contributed by atoms with Crippen LogP contribution in [0.4, 0.5) is 0 Å². The highest BCUT2D eigenvalue weighted by atomic mass is 35.5. The van der Waals surface area contributed by atoms with Crippen LogP contribution in [0.1, 0.15) is 11.7 Å². The number of ketones is 1. The first-order chi connectivity index (χ1) is 5.77. The summed E-state index contributed by atoms with van der Waals surface area (Å²) in [6.45, 7) is 0.243. The Kier molecular flexibility index (Phi) is 1.87. The van der Waals surface area contributed by atoms with Crippen LogP contribution in [0.25, 0.3) is 0 Å². The van der Waals surface area contributed by atoms with E-state index in [1.54, 1.807) is 12.1 Å². The molecule has 0 amide bonds. The van der Waals surface area contributed by atoms with Crippen molar-refractivity contribution in [1.29, 1.82) is 0 Å². The number of ether oxygens (including phenoxy) is 1. The van der Waals surface area contributed by atoms with E-state index in [9.17, 15) is 4.79 Å². The molecule has 1 aliphatic heterocycles. The van der Waals surface area contributed by atoms with Crippen LogP contribution in [-0.2, 0) is 9.53 Å². The van der Waals surface area contributed by atoms with E-state index in [1.807, 2.05) is 12.1 Å². The van der Waals surface area contributed by atoms with Gasteiger partial charge in [-0.25, -0.2) is 0 Å². The third kappa shape index (κ3) is 1.24. The molecule has 1 aromatic carbocycles. The molecule has 1 aromatic rings. The number of halogens is 1. The maximum atomic E-state index is 11.0. The third-order valence-corrected chi connectivity index (χ3v) is 2.11. The van der Waals surface area contributed by atoms with Gasteiger partial charge in [-0.1, -0.05) is 23.7 Å². The van der Waals surface area contributed by atoms with E-state index in [-0.39, 0.29) is 18.5 Å². The van der Waals surface area contributed by atoms with E-state index in [4.69, 9.17) is 16.3 Å². The molecule has 3 heteroatoms. The van der Waals surface area contributed by atoms with Gasteiger partial charge in [0.1, 0.15) is 12.7 Å².